The van der Waals surface area contributed by atoms with E-state index < -0.39 is 18.0 Å². The van der Waals surface area contributed by atoms with E-state index in [2.05, 4.69) is 18.1 Å². The third kappa shape index (κ3) is 4.71. The second kappa shape index (κ2) is 8.74. The van der Waals surface area contributed by atoms with E-state index in [1.54, 1.807) is 18.7 Å². The van der Waals surface area contributed by atoms with Crippen LogP contribution >= 0.6 is 24.4 Å². The van der Waals surface area contributed by atoms with Crippen LogP contribution < -0.4 is 5.48 Å². The minimum atomic E-state index is -0.848. The van der Waals surface area contributed by atoms with Crippen molar-refractivity contribution in [1.29, 1.82) is 0 Å². The third-order valence-electron chi connectivity index (χ3n) is 6.19. The number of thiol groups is 1. The van der Waals surface area contributed by atoms with Crippen molar-refractivity contribution in [2.75, 3.05) is 17.8 Å². The van der Waals surface area contributed by atoms with Gasteiger partial charge in [-0.25, -0.2) is 4.79 Å². The van der Waals surface area contributed by atoms with Crippen molar-refractivity contribution in [2.24, 2.45) is 23.7 Å². The molecule has 0 spiro atoms. The molecule has 4 fully saturated rings. The van der Waals surface area contributed by atoms with Gasteiger partial charge in [-0.05, 0) is 68.3 Å². The Morgan fingerprint density at radius 3 is 2.23 bits per heavy atom. The van der Waals surface area contributed by atoms with Crippen LogP contribution in [0, 0.1) is 23.7 Å². The van der Waals surface area contributed by atoms with Gasteiger partial charge in [-0.15, -0.1) is 5.48 Å². The summed E-state index contributed by atoms with van der Waals surface area (Å²) in [7, 11) is 0. The summed E-state index contributed by atoms with van der Waals surface area (Å²) in [5.74, 6) is 2.25. The predicted molar refractivity (Wildman–Crippen MR) is 106 cm³/mol. The second-order valence-electron chi connectivity index (χ2n) is 8.51. The zero-order valence-corrected chi connectivity index (χ0v) is 17.5. The molecule has 1 N–H and O–H groups in total. The van der Waals surface area contributed by atoms with E-state index in [1.165, 1.54) is 19.3 Å². The Hall–Kier alpha value is -0.400. The van der Waals surface area contributed by atoms with Gasteiger partial charge in [-0.1, -0.05) is 6.92 Å². The summed E-state index contributed by atoms with van der Waals surface area (Å²) < 4.78 is 5.42. The van der Waals surface area contributed by atoms with E-state index in [9.17, 15) is 9.59 Å². The number of hydroxylamine groups is 1. The highest BCUT2D eigenvalue weighted by molar-refractivity contribution is 7.98. The average Bonchev–Trinajstić information content (AvgIpc) is 2.61. The van der Waals surface area contributed by atoms with E-state index in [4.69, 9.17) is 9.57 Å². The SMILES string of the molecule is CSCC[C@H](OC(=O)[C@H](C)CS)C(=O)ONC12CC3CC(CC(C3)C1)C2. The van der Waals surface area contributed by atoms with E-state index in [0.29, 0.717) is 12.2 Å². The zero-order valence-electron chi connectivity index (χ0n) is 15.7. The fourth-order valence-electron chi connectivity index (χ4n) is 5.24. The number of esters is 1. The van der Waals surface area contributed by atoms with E-state index >= 15 is 0 Å². The van der Waals surface area contributed by atoms with Crippen molar-refractivity contribution in [3.63, 3.8) is 0 Å². The molecule has 0 aromatic rings. The van der Waals surface area contributed by atoms with Gasteiger partial charge in [0, 0.05) is 12.2 Å². The molecule has 4 bridgehead atoms. The molecule has 148 valence electrons. The van der Waals surface area contributed by atoms with Crippen molar-refractivity contribution in [3.05, 3.63) is 0 Å². The van der Waals surface area contributed by atoms with Gasteiger partial charge in [0.1, 0.15) is 0 Å². The first kappa shape index (κ1) is 20.3. The highest BCUT2D eigenvalue weighted by Crippen LogP contribution is 2.55. The number of carbonyl (C=O) groups is 2. The van der Waals surface area contributed by atoms with Crippen LogP contribution in [0.3, 0.4) is 0 Å². The van der Waals surface area contributed by atoms with Gasteiger partial charge in [0.25, 0.3) is 0 Å². The zero-order chi connectivity index (χ0) is 18.7. The Kier molecular flexibility index (Phi) is 6.83. The lowest BCUT2D eigenvalue weighted by Crippen LogP contribution is -2.59. The summed E-state index contributed by atoms with van der Waals surface area (Å²) in [5.41, 5.74) is 3.08. The molecule has 26 heavy (non-hydrogen) atoms. The number of thioether (sulfide) groups is 1. The summed E-state index contributed by atoms with van der Waals surface area (Å²) in [5, 5.41) is 0. The highest BCUT2D eigenvalue weighted by Gasteiger charge is 2.51. The predicted octanol–water partition coefficient (Wildman–Crippen LogP) is 3.23. The van der Waals surface area contributed by atoms with Crippen LogP contribution in [0.4, 0.5) is 0 Å². The number of hydrogen-bond acceptors (Lipinski definition) is 7. The minimum Gasteiger partial charge on any atom is -0.450 e. The number of nitrogens with one attached hydrogen (secondary N) is 1. The number of rotatable bonds is 9. The number of ether oxygens (including phenoxy) is 1. The molecule has 4 aliphatic carbocycles. The van der Waals surface area contributed by atoms with Crippen LogP contribution in [0.25, 0.3) is 0 Å². The molecule has 0 aromatic carbocycles. The fraction of sp³-hybridized carbons (Fsp3) is 0.895. The summed E-state index contributed by atoms with van der Waals surface area (Å²) in [6.45, 7) is 1.75. The highest BCUT2D eigenvalue weighted by atomic mass is 32.2. The second-order valence-corrected chi connectivity index (χ2v) is 9.86. The molecule has 4 rings (SSSR count). The maximum atomic E-state index is 12.6. The molecule has 0 radical (unpaired) electrons. The molecule has 0 amide bonds. The number of hydrogen-bond donors (Lipinski definition) is 2. The Labute approximate surface area is 166 Å². The number of carbonyl (C=O) groups excluding carboxylic acids is 2. The Morgan fingerprint density at radius 1 is 1.15 bits per heavy atom. The maximum absolute atomic E-state index is 12.6. The molecular weight excluding hydrogens is 370 g/mol. The summed E-state index contributed by atoms with van der Waals surface area (Å²) in [4.78, 5) is 30.2. The molecule has 4 saturated carbocycles. The summed E-state index contributed by atoms with van der Waals surface area (Å²) >= 11 is 5.75. The first-order chi connectivity index (χ1) is 12.4. The van der Waals surface area contributed by atoms with Crippen LogP contribution in [-0.2, 0) is 19.2 Å². The van der Waals surface area contributed by atoms with Gasteiger partial charge >= 0.3 is 11.9 Å². The molecule has 0 aromatic heterocycles. The van der Waals surface area contributed by atoms with Gasteiger partial charge in [0.15, 0.2) is 0 Å². The van der Waals surface area contributed by atoms with Gasteiger partial charge in [0.05, 0.1) is 11.5 Å². The van der Waals surface area contributed by atoms with Crippen molar-refractivity contribution >= 4 is 36.3 Å². The van der Waals surface area contributed by atoms with E-state index in [0.717, 1.165) is 42.8 Å². The smallest absolute Gasteiger partial charge is 0.366 e. The quantitative estimate of drug-likeness (QED) is 0.351. The first-order valence-corrected chi connectivity index (χ1v) is 11.8. The molecule has 0 saturated heterocycles. The van der Waals surface area contributed by atoms with Gasteiger partial charge in [0.2, 0.25) is 6.10 Å². The van der Waals surface area contributed by atoms with E-state index in [1.807, 2.05) is 6.26 Å². The molecule has 7 heteroatoms. The van der Waals surface area contributed by atoms with E-state index in [-0.39, 0.29) is 11.5 Å². The fourth-order valence-corrected chi connectivity index (χ4v) is 5.84. The normalized spacial score (nSPS) is 34.3. The molecular formula is C19H31NO4S2. The first-order valence-electron chi connectivity index (χ1n) is 9.73. The minimum absolute atomic E-state index is 0.0587. The lowest BCUT2D eigenvalue weighted by atomic mass is 9.53. The monoisotopic (exact) mass is 401 g/mol. The Bertz CT molecular complexity index is 492. The molecule has 5 nitrogen and oxygen atoms in total. The van der Waals surface area contributed by atoms with Crippen LogP contribution in [0.2, 0.25) is 0 Å². The largest absolute Gasteiger partial charge is 0.450 e. The molecule has 4 aliphatic rings. The molecule has 2 atom stereocenters. The van der Waals surface area contributed by atoms with Gasteiger partial charge in [-0.3, -0.25) is 4.79 Å². The van der Waals surface area contributed by atoms with Gasteiger partial charge in [-0.2, -0.15) is 24.4 Å². The van der Waals surface area contributed by atoms with Crippen molar-refractivity contribution in [2.45, 2.75) is 63.5 Å². The average molecular weight is 402 g/mol. The van der Waals surface area contributed by atoms with Crippen LogP contribution in [0.15, 0.2) is 0 Å². The third-order valence-corrected chi connectivity index (χ3v) is 7.38. The van der Waals surface area contributed by atoms with Crippen molar-refractivity contribution in [3.8, 4) is 0 Å². The van der Waals surface area contributed by atoms with Crippen LogP contribution in [0.5, 0.6) is 0 Å². The maximum Gasteiger partial charge on any atom is 0.366 e. The Balaban J connectivity index is 1.56. The molecule has 0 aliphatic heterocycles. The standard InChI is InChI=1S/C19H31NO4S2/c1-12(11-25)17(21)23-16(3-4-26-2)18(22)24-20-19-8-13-5-14(9-19)7-15(6-13)10-19/h12-16,20,25H,3-11H2,1-2H3/t12-,13?,14?,15?,16+,19?/m1/s1. The van der Waals surface area contributed by atoms with Gasteiger partial charge < -0.3 is 9.57 Å². The van der Waals surface area contributed by atoms with Crippen molar-refractivity contribution < 1.29 is 19.2 Å². The topological polar surface area (TPSA) is 64.6 Å². The lowest BCUT2D eigenvalue weighted by molar-refractivity contribution is -0.183. The lowest BCUT2D eigenvalue weighted by Gasteiger charge is -2.56. The molecule has 0 unspecified atom stereocenters. The molecule has 0 heterocycles. The summed E-state index contributed by atoms with van der Waals surface area (Å²) in [6.07, 6.45) is 8.88. The summed E-state index contributed by atoms with van der Waals surface area (Å²) in [6, 6.07) is 0. The van der Waals surface area contributed by atoms with Crippen molar-refractivity contribution in [1.82, 2.24) is 5.48 Å². The van der Waals surface area contributed by atoms with Crippen LogP contribution in [0.1, 0.15) is 51.9 Å². The van der Waals surface area contributed by atoms with Crippen LogP contribution in [-0.4, -0.2) is 41.3 Å². The Morgan fingerprint density at radius 2 is 1.73 bits per heavy atom.